The van der Waals surface area contributed by atoms with Gasteiger partial charge in [-0.25, -0.2) is 4.79 Å². The predicted molar refractivity (Wildman–Crippen MR) is 59.2 cm³/mol. The van der Waals surface area contributed by atoms with Crippen molar-refractivity contribution in [2.45, 2.75) is 59.0 Å². The molecule has 0 rings (SSSR count). The summed E-state index contributed by atoms with van der Waals surface area (Å²) in [6.07, 6.45) is 1.94. The largest absolute Gasteiger partial charge is 0.508 e. The Labute approximate surface area is 96.7 Å². The van der Waals surface area contributed by atoms with Crippen LogP contribution in [0.5, 0.6) is 0 Å². The number of hydrogen-bond donors (Lipinski definition) is 1. The fourth-order valence-electron chi connectivity index (χ4n) is 1.26. The van der Waals surface area contributed by atoms with E-state index in [1.54, 1.807) is 6.92 Å². The standard InChI is InChI=1S/C11H22O5/c1-4-5-6-7-8-14-9(2)15-10(3)16-11(12)13/h9-10H,4-8H2,1-3H3,(H,12,13). The molecule has 96 valence electrons. The van der Waals surface area contributed by atoms with E-state index >= 15 is 0 Å². The minimum Gasteiger partial charge on any atom is -0.450 e. The Morgan fingerprint density at radius 2 is 1.88 bits per heavy atom. The third-order valence-corrected chi connectivity index (χ3v) is 2.00. The lowest BCUT2D eigenvalue weighted by atomic mass is 10.2. The second kappa shape index (κ2) is 9.42. The van der Waals surface area contributed by atoms with Gasteiger partial charge in [0.05, 0.1) is 0 Å². The second-order valence-electron chi connectivity index (χ2n) is 3.59. The molecule has 0 aromatic carbocycles. The van der Waals surface area contributed by atoms with Crippen molar-refractivity contribution in [3.05, 3.63) is 0 Å². The average molecular weight is 234 g/mol. The summed E-state index contributed by atoms with van der Waals surface area (Å²) in [5.41, 5.74) is 0. The summed E-state index contributed by atoms with van der Waals surface area (Å²) in [6.45, 7) is 6.02. The van der Waals surface area contributed by atoms with Gasteiger partial charge in [0.15, 0.2) is 6.29 Å². The van der Waals surface area contributed by atoms with Crippen molar-refractivity contribution in [1.82, 2.24) is 0 Å². The van der Waals surface area contributed by atoms with E-state index in [2.05, 4.69) is 11.7 Å². The Balaban J connectivity index is 3.42. The summed E-state index contributed by atoms with van der Waals surface area (Å²) in [5.74, 6) is 0. The monoisotopic (exact) mass is 234 g/mol. The molecular formula is C11H22O5. The van der Waals surface area contributed by atoms with Crippen molar-refractivity contribution in [1.29, 1.82) is 0 Å². The van der Waals surface area contributed by atoms with E-state index in [0.717, 1.165) is 12.8 Å². The second-order valence-corrected chi connectivity index (χ2v) is 3.59. The lowest BCUT2D eigenvalue weighted by Crippen LogP contribution is -2.24. The summed E-state index contributed by atoms with van der Waals surface area (Å²) < 4.78 is 14.9. The van der Waals surface area contributed by atoms with Crippen LogP contribution < -0.4 is 0 Å². The van der Waals surface area contributed by atoms with E-state index in [1.165, 1.54) is 19.8 Å². The van der Waals surface area contributed by atoms with Crippen molar-refractivity contribution in [2.75, 3.05) is 6.61 Å². The van der Waals surface area contributed by atoms with Crippen LogP contribution in [0.15, 0.2) is 0 Å². The highest BCUT2D eigenvalue weighted by atomic mass is 16.8. The number of carboxylic acid groups (broad SMARTS) is 1. The summed E-state index contributed by atoms with van der Waals surface area (Å²) in [6, 6.07) is 0. The zero-order valence-electron chi connectivity index (χ0n) is 10.3. The molecular weight excluding hydrogens is 212 g/mol. The molecule has 2 atom stereocenters. The fourth-order valence-corrected chi connectivity index (χ4v) is 1.26. The Hall–Kier alpha value is -0.810. The van der Waals surface area contributed by atoms with E-state index in [-0.39, 0.29) is 0 Å². The Morgan fingerprint density at radius 1 is 1.19 bits per heavy atom. The molecule has 0 aromatic rings. The molecule has 0 saturated heterocycles. The number of rotatable bonds is 9. The minimum absolute atomic E-state index is 0.448. The van der Waals surface area contributed by atoms with Crippen LogP contribution in [0.25, 0.3) is 0 Å². The Bertz CT molecular complexity index is 183. The van der Waals surface area contributed by atoms with E-state index < -0.39 is 18.7 Å². The van der Waals surface area contributed by atoms with Gasteiger partial charge in [0.2, 0.25) is 6.29 Å². The van der Waals surface area contributed by atoms with E-state index in [9.17, 15) is 4.79 Å². The summed E-state index contributed by atoms with van der Waals surface area (Å²) in [4.78, 5) is 10.2. The molecule has 0 amide bonds. The van der Waals surface area contributed by atoms with Gasteiger partial charge in [0.25, 0.3) is 0 Å². The molecule has 0 saturated carbocycles. The SMILES string of the molecule is CCCCCCOC(C)OC(C)OC(=O)O. The molecule has 0 aliphatic rings. The maximum absolute atomic E-state index is 10.2. The average Bonchev–Trinajstić information content (AvgIpc) is 2.15. The molecule has 1 N–H and O–H groups in total. The molecule has 0 bridgehead atoms. The molecule has 5 heteroatoms. The molecule has 0 heterocycles. The number of ether oxygens (including phenoxy) is 3. The van der Waals surface area contributed by atoms with Crippen molar-refractivity contribution in [2.24, 2.45) is 0 Å². The maximum atomic E-state index is 10.2. The lowest BCUT2D eigenvalue weighted by Gasteiger charge is -2.18. The summed E-state index contributed by atoms with van der Waals surface area (Å²) >= 11 is 0. The van der Waals surface area contributed by atoms with E-state index in [0.29, 0.717) is 6.61 Å². The normalized spacial score (nSPS) is 14.4. The maximum Gasteiger partial charge on any atom is 0.508 e. The molecule has 0 aliphatic heterocycles. The predicted octanol–water partition coefficient (Wildman–Crippen LogP) is 2.99. The highest BCUT2D eigenvalue weighted by Crippen LogP contribution is 2.04. The van der Waals surface area contributed by atoms with Crippen LogP contribution in [-0.2, 0) is 14.2 Å². The van der Waals surface area contributed by atoms with Gasteiger partial charge in [-0.15, -0.1) is 0 Å². The first-order valence-electron chi connectivity index (χ1n) is 5.73. The van der Waals surface area contributed by atoms with Gasteiger partial charge in [-0.3, -0.25) is 0 Å². The first-order valence-corrected chi connectivity index (χ1v) is 5.73. The highest BCUT2D eigenvalue weighted by molar-refractivity contribution is 5.56. The van der Waals surface area contributed by atoms with Gasteiger partial charge in [-0.2, -0.15) is 0 Å². The molecule has 0 aliphatic carbocycles. The number of unbranched alkanes of at least 4 members (excludes halogenated alkanes) is 3. The van der Waals surface area contributed by atoms with Crippen molar-refractivity contribution < 1.29 is 24.1 Å². The van der Waals surface area contributed by atoms with Gasteiger partial charge in [0, 0.05) is 6.61 Å². The molecule has 0 spiro atoms. The number of carbonyl (C=O) groups is 1. The number of hydrogen-bond acceptors (Lipinski definition) is 4. The molecule has 0 radical (unpaired) electrons. The quantitative estimate of drug-likeness (QED) is 0.377. The highest BCUT2D eigenvalue weighted by Gasteiger charge is 2.12. The Morgan fingerprint density at radius 3 is 2.44 bits per heavy atom. The third-order valence-electron chi connectivity index (χ3n) is 2.00. The third kappa shape index (κ3) is 9.73. The van der Waals surface area contributed by atoms with Crippen LogP contribution in [-0.4, -0.2) is 30.4 Å². The van der Waals surface area contributed by atoms with Gasteiger partial charge in [-0.1, -0.05) is 26.2 Å². The molecule has 16 heavy (non-hydrogen) atoms. The smallest absolute Gasteiger partial charge is 0.450 e. The van der Waals surface area contributed by atoms with Crippen LogP contribution in [0, 0.1) is 0 Å². The van der Waals surface area contributed by atoms with Crippen LogP contribution in [0.2, 0.25) is 0 Å². The van der Waals surface area contributed by atoms with Gasteiger partial charge in [-0.05, 0) is 20.3 Å². The topological polar surface area (TPSA) is 65.0 Å². The zero-order chi connectivity index (χ0) is 12.4. The van der Waals surface area contributed by atoms with Crippen molar-refractivity contribution >= 4 is 6.16 Å². The molecule has 0 fully saturated rings. The first kappa shape index (κ1) is 15.2. The zero-order valence-corrected chi connectivity index (χ0v) is 10.3. The minimum atomic E-state index is -1.34. The van der Waals surface area contributed by atoms with Crippen LogP contribution in [0.4, 0.5) is 4.79 Å². The van der Waals surface area contributed by atoms with Crippen molar-refractivity contribution in [3.63, 3.8) is 0 Å². The van der Waals surface area contributed by atoms with Gasteiger partial charge < -0.3 is 19.3 Å². The summed E-state index contributed by atoms with van der Waals surface area (Å²) in [7, 11) is 0. The lowest BCUT2D eigenvalue weighted by molar-refractivity contribution is -0.216. The summed E-state index contributed by atoms with van der Waals surface area (Å²) in [5, 5.41) is 8.33. The van der Waals surface area contributed by atoms with E-state index in [4.69, 9.17) is 14.6 Å². The van der Waals surface area contributed by atoms with E-state index in [1.807, 2.05) is 0 Å². The fraction of sp³-hybridized carbons (Fsp3) is 0.909. The van der Waals surface area contributed by atoms with Crippen LogP contribution in [0.3, 0.4) is 0 Å². The molecule has 0 aromatic heterocycles. The van der Waals surface area contributed by atoms with Crippen molar-refractivity contribution in [3.8, 4) is 0 Å². The van der Waals surface area contributed by atoms with Crippen LogP contribution >= 0.6 is 0 Å². The van der Waals surface area contributed by atoms with Crippen LogP contribution in [0.1, 0.15) is 46.5 Å². The Kier molecular flexibility index (Phi) is 8.94. The first-order chi connectivity index (χ1) is 7.56. The molecule has 5 nitrogen and oxygen atoms in total. The van der Waals surface area contributed by atoms with Gasteiger partial charge >= 0.3 is 6.16 Å². The molecule has 2 unspecified atom stereocenters. The van der Waals surface area contributed by atoms with Gasteiger partial charge in [0.1, 0.15) is 0 Å².